The van der Waals surface area contributed by atoms with Crippen molar-refractivity contribution < 1.29 is 22.1 Å². The largest absolute Gasteiger partial charge is 0.404 e. The summed E-state index contributed by atoms with van der Waals surface area (Å²) in [5.74, 6) is -1.16. The first-order chi connectivity index (χ1) is 9.92. The summed E-state index contributed by atoms with van der Waals surface area (Å²) in [6, 6.07) is 2.39. The van der Waals surface area contributed by atoms with Crippen LogP contribution in [0, 0.1) is 5.82 Å². The second kappa shape index (κ2) is 4.76. The van der Waals surface area contributed by atoms with E-state index in [1.54, 1.807) is 0 Å². The number of halogens is 4. The highest BCUT2D eigenvalue weighted by Gasteiger charge is 2.61. The highest BCUT2D eigenvalue weighted by Crippen LogP contribution is 2.44. The first kappa shape index (κ1) is 13.9. The van der Waals surface area contributed by atoms with E-state index in [9.17, 15) is 17.6 Å². The molecule has 0 bridgehead atoms. The SMILES string of the molecule is Fc1ccc(-c2noc(C3(C(F)(F)F)CCNC3)n2)nc1. The van der Waals surface area contributed by atoms with Gasteiger partial charge in [0.25, 0.3) is 0 Å². The number of hydrogen-bond donors (Lipinski definition) is 1. The van der Waals surface area contributed by atoms with Crippen LogP contribution in [0.3, 0.4) is 0 Å². The summed E-state index contributed by atoms with van der Waals surface area (Å²) >= 11 is 0. The maximum atomic E-state index is 13.3. The molecular formula is C12H10F4N4O. The van der Waals surface area contributed by atoms with Crippen molar-refractivity contribution in [2.24, 2.45) is 0 Å². The highest BCUT2D eigenvalue weighted by atomic mass is 19.4. The highest BCUT2D eigenvalue weighted by molar-refractivity contribution is 5.47. The molecule has 0 radical (unpaired) electrons. The molecule has 0 amide bonds. The number of pyridine rings is 1. The fourth-order valence-corrected chi connectivity index (χ4v) is 2.27. The first-order valence-corrected chi connectivity index (χ1v) is 6.16. The van der Waals surface area contributed by atoms with Crippen LogP contribution in [0.4, 0.5) is 17.6 Å². The minimum absolute atomic E-state index is 0.0967. The van der Waals surface area contributed by atoms with Gasteiger partial charge in [0.2, 0.25) is 11.7 Å². The minimum Gasteiger partial charge on any atom is -0.338 e. The Labute approximate surface area is 116 Å². The molecular weight excluding hydrogens is 292 g/mol. The monoisotopic (exact) mass is 302 g/mol. The molecule has 1 aliphatic heterocycles. The van der Waals surface area contributed by atoms with Gasteiger partial charge in [-0.1, -0.05) is 5.16 Å². The van der Waals surface area contributed by atoms with Crippen molar-refractivity contribution in [2.45, 2.75) is 18.0 Å². The van der Waals surface area contributed by atoms with E-state index in [1.165, 1.54) is 6.07 Å². The third-order valence-electron chi connectivity index (χ3n) is 3.49. The first-order valence-electron chi connectivity index (χ1n) is 6.16. The fourth-order valence-electron chi connectivity index (χ4n) is 2.27. The Morgan fingerprint density at radius 3 is 2.67 bits per heavy atom. The third kappa shape index (κ3) is 2.27. The Morgan fingerprint density at radius 1 is 1.29 bits per heavy atom. The van der Waals surface area contributed by atoms with E-state index in [1.807, 2.05) is 0 Å². The standard InChI is InChI=1S/C12H10F4N4O/c13-7-1-2-8(18-5-7)9-19-10(21-20-9)11(12(14,15)16)3-4-17-6-11/h1-2,5,17H,3-4,6H2. The topological polar surface area (TPSA) is 63.8 Å². The van der Waals surface area contributed by atoms with E-state index in [0.717, 1.165) is 12.3 Å². The minimum atomic E-state index is -4.50. The zero-order valence-corrected chi connectivity index (χ0v) is 10.6. The van der Waals surface area contributed by atoms with Crippen molar-refractivity contribution in [1.29, 1.82) is 0 Å². The molecule has 0 aromatic carbocycles. The van der Waals surface area contributed by atoms with Crippen LogP contribution in [-0.4, -0.2) is 34.4 Å². The number of nitrogens with one attached hydrogen (secondary N) is 1. The second-order valence-electron chi connectivity index (χ2n) is 4.79. The summed E-state index contributed by atoms with van der Waals surface area (Å²) in [5.41, 5.74) is -2.03. The van der Waals surface area contributed by atoms with E-state index >= 15 is 0 Å². The molecule has 2 aromatic rings. The summed E-state index contributed by atoms with van der Waals surface area (Å²) in [7, 11) is 0. The van der Waals surface area contributed by atoms with Crippen LogP contribution in [0.2, 0.25) is 0 Å². The molecule has 0 spiro atoms. The summed E-state index contributed by atoms with van der Waals surface area (Å²) < 4.78 is 57.6. The van der Waals surface area contributed by atoms with Crippen molar-refractivity contribution in [3.8, 4) is 11.5 Å². The maximum Gasteiger partial charge on any atom is 0.404 e. The molecule has 1 atom stereocenters. The van der Waals surface area contributed by atoms with Gasteiger partial charge in [0.05, 0.1) is 6.20 Å². The van der Waals surface area contributed by atoms with Crippen LogP contribution in [-0.2, 0) is 5.41 Å². The van der Waals surface area contributed by atoms with Gasteiger partial charge in [-0.15, -0.1) is 0 Å². The molecule has 5 nitrogen and oxygen atoms in total. The summed E-state index contributed by atoms with van der Waals surface area (Å²) in [4.78, 5) is 7.52. The predicted octanol–water partition coefficient (Wildman–Crippen LogP) is 2.06. The zero-order valence-electron chi connectivity index (χ0n) is 10.6. The lowest BCUT2D eigenvalue weighted by atomic mass is 9.86. The quantitative estimate of drug-likeness (QED) is 0.860. The Bertz CT molecular complexity index is 631. The summed E-state index contributed by atoms with van der Waals surface area (Å²) in [5, 5.41) is 6.18. The smallest absolute Gasteiger partial charge is 0.338 e. The lowest BCUT2D eigenvalue weighted by molar-refractivity contribution is -0.191. The van der Waals surface area contributed by atoms with Gasteiger partial charge in [-0.25, -0.2) is 9.37 Å². The zero-order chi connectivity index (χ0) is 15.1. The van der Waals surface area contributed by atoms with Crippen LogP contribution in [0.1, 0.15) is 12.3 Å². The van der Waals surface area contributed by atoms with Crippen LogP contribution >= 0.6 is 0 Å². The molecule has 112 valence electrons. The van der Waals surface area contributed by atoms with E-state index in [2.05, 4.69) is 20.4 Å². The molecule has 3 heterocycles. The lowest BCUT2D eigenvalue weighted by Crippen LogP contribution is -2.44. The maximum absolute atomic E-state index is 13.3. The average molecular weight is 302 g/mol. The van der Waals surface area contributed by atoms with Crippen molar-refractivity contribution in [3.05, 3.63) is 30.0 Å². The molecule has 1 unspecified atom stereocenters. The van der Waals surface area contributed by atoms with Crippen LogP contribution in [0.15, 0.2) is 22.9 Å². The van der Waals surface area contributed by atoms with Crippen LogP contribution < -0.4 is 5.32 Å². The molecule has 3 rings (SSSR count). The molecule has 2 aromatic heterocycles. The van der Waals surface area contributed by atoms with E-state index in [0.29, 0.717) is 0 Å². The van der Waals surface area contributed by atoms with Gasteiger partial charge in [0.15, 0.2) is 5.41 Å². The second-order valence-corrected chi connectivity index (χ2v) is 4.79. The number of alkyl halides is 3. The van der Waals surface area contributed by atoms with Gasteiger partial charge >= 0.3 is 6.18 Å². The van der Waals surface area contributed by atoms with Gasteiger partial charge in [0.1, 0.15) is 11.5 Å². The van der Waals surface area contributed by atoms with Gasteiger partial charge < -0.3 is 9.84 Å². The Kier molecular flexibility index (Phi) is 3.16. The van der Waals surface area contributed by atoms with Gasteiger partial charge in [-0.2, -0.15) is 18.2 Å². The third-order valence-corrected chi connectivity index (χ3v) is 3.49. The predicted molar refractivity (Wildman–Crippen MR) is 62.7 cm³/mol. The van der Waals surface area contributed by atoms with Crippen molar-refractivity contribution >= 4 is 0 Å². The van der Waals surface area contributed by atoms with Gasteiger partial charge in [-0.3, -0.25) is 0 Å². The molecule has 1 N–H and O–H groups in total. The Morgan fingerprint density at radius 2 is 2.10 bits per heavy atom. The number of rotatable bonds is 2. The lowest BCUT2D eigenvalue weighted by Gasteiger charge is -2.26. The van der Waals surface area contributed by atoms with E-state index in [-0.39, 0.29) is 31.0 Å². The molecule has 1 aliphatic rings. The van der Waals surface area contributed by atoms with Crippen molar-refractivity contribution in [3.63, 3.8) is 0 Å². The normalized spacial score (nSPS) is 22.7. The van der Waals surface area contributed by atoms with E-state index < -0.39 is 23.3 Å². The van der Waals surface area contributed by atoms with Crippen molar-refractivity contribution in [1.82, 2.24) is 20.4 Å². The summed E-state index contributed by atoms with van der Waals surface area (Å²) in [6.07, 6.45) is -3.74. The fraction of sp³-hybridized carbons (Fsp3) is 0.417. The molecule has 9 heteroatoms. The van der Waals surface area contributed by atoms with Crippen LogP contribution in [0.25, 0.3) is 11.5 Å². The van der Waals surface area contributed by atoms with Crippen LogP contribution in [0.5, 0.6) is 0 Å². The van der Waals surface area contributed by atoms with E-state index in [4.69, 9.17) is 4.52 Å². The molecule has 0 saturated carbocycles. The molecule has 21 heavy (non-hydrogen) atoms. The molecule has 1 saturated heterocycles. The van der Waals surface area contributed by atoms with Gasteiger partial charge in [-0.05, 0) is 25.1 Å². The number of nitrogens with zero attached hydrogens (tertiary/aromatic N) is 3. The van der Waals surface area contributed by atoms with Gasteiger partial charge in [0, 0.05) is 6.54 Å². The Balaban J connectivity index is 1.99. The number of hydrogen-bond acceptors (Lipinski definition) is 5. The number of aromatic nitrogens is 3. The van der Waals surface area contributed by atoms with Crippen molar-refractivity contribution in [2.75, 3.05) is 13.1 Å². The molecule has 0 aliphatic carbocycles. The Hall–Kier alpha value is -2.03. The summed E-state index contributed by atoms with van der Waals surface area (Å²) in [6.45, 7) is -0.0962. The average Bonchev–Trinajstić information content (AvgIpc) is 3.08. The molecule has 1 fully saturated rings.